The van der Waals surface area contributed by atoms with Crippen molar-refractivity contribution in [1.29, 1.82) is 0 Å². The molecule has 118 heavy (non-hydrogen) atoms. The minimum absolute atomic E-state index is 0.0146. The van der Waals surface area contributed by atoms with Gasteiger partial charge in [0, 0.05) is 47.1 Å². The fraction of sp³-hybridized carbons (Fsp3) is 0.432. The van der Waals surface area contributed by atoms with E-state index in [9.17, 15) is 84.4 Å². The molecule has 5 unspecified atom stereocenters. The summed E-state index contributed by atoms with van der Waals surface area (Å²) in [7, 11) is -17.7. The third-order valence-electron chi connectivity index (χ3n) is 23.3. The summed E-state index contributed by atoms with van der Waals surface area (Å²) in [5, 5.41) is -12.3. The van der Waals surface area contributed by atoms with Gasteiger partial charge in [-0.15, -0.1) is 0 Å². The van der Waals surface area contributed by atoms with Crippen molar-refractivity contribution in [3.05, 3.63) is 224 Å². The maximum Gasteiger partial charge on any atom is 0.428 e. The number of rotatable bonds is 19. The molecule has 9 aliphatic carbocycles. The van der Waals surface area contributed by atoms with Crippen LogP contribution in [0.15, 0.2) is 259 Å². The molecule has 0 aromatic heterocycles. The smallest absolute Gasteiger partial charge is 0.428 e. The van der Waals surface area contributed by atoms with Crippen molar-refractivity contribution in [2.24, 2.45) is 46.3 Å². The van der Waals surface area contributed by atoms with Crippen LogP contribution in [0, 0.1) is 46.3 Å². The number of hydrogen-bond acceptors (Lipinski definition) is 18. The lowest BCUT2D eigenvalue weighted by Crippen LogP contribution is -2.59. The third kappa shape index (κ3) is 21.9. The van der Waals surface area contributed by atoms with Crippen molar-refractivity contribution < 1.29 is 108 Å². The van der Waals surface area contributed by atoms with Crippen LogP contribution in [0.4, 0.5) is 26.3 Å². The highest BCUT2D eigenvalue weighted by Gasteiger charge is 2.61. The first-order chi connectivity index (χ1) is 56.0. The summed E-state index contributed by atoms with van der Waals surface area (Å²) in [5.41, 5.74) is -1.60. The molecule has 30 heteroatoms. The van der Waals surface area contributed by atoms with Gasteiger partial charge in [-0.25, -0.2) is 39.6 Å². The molecule has 19 rings (SSSR count). The van der Waals surface area contributed by atoms with Crippen LogP contribution < -0.4 is 0 Å². The number of fused-ring (bicyclic) bond motifs is 2. The van der Waals surface area contributed by atoms with Gasteiger partial charge in [-0.1, -0.05) is 140 Å². The van der Waals surface area contributed by atoms with E-state index in [4.69, 9.17) is 9.47 Å². The molecule has 9 saturated carbocycles. The molecule has 18 nitrogen and oxygen atoms in total. The van der Waals surface area contributed by atoms with E-state index in [0.29, 0.717) is 86.1 Å². The van der Waals surface area contributed by atoms with Crippen LogP contribution in [0.5, 0.6) is 0 Å². The van der Waals surface area contributed by atoms with E-state index in [2.05, 4.69) is 239 Å². The Kier molecular flexibility index (Phi) is 28.9. The monoisotopic (exact) mass is 1740 g/mol. The zero-order valence-corrected chi connectivity index (χ0v) is 69.7. The Labute approximate surface area is 693 Å². The molecule has 0 radical (unpaired) electrons. The molecule has 2 heterocycles. The summed E-state index contributed by atoms with van der Waals surface area (Å²) in [6, 6.07) is 79.9. The van der Waals surface area contributed by atoms with Crippen molar-refractivity contribution >= 4 is 97.7 Å². The molecule has 11 aliphatic rings. The minimum atomic E-state index is -6.14. The normalized spacial score (nSPS) is 25.4. The van der Waals surface area contributed by atoms with Crippen LogP contribution in [-0.4, -0.2) is 128 Å². The van der Waals surface area contributed by atoms with Gasteiger partial charge in [-0.2, -0.15) is 26.3 Å². The van der Waals surface area contributed by atoms with Crippen molar-refractivity contribution in [2.45, 2.75) is 190 Å². The maximum absolute atomic E-state index is 13.3. The van der Waals surface area contributed by atoms with E-state index >= 15 is 0 Å². The van der Waals surface area contributed by atoms with E-state index in [-0.39, 0.29) is 58.2 Å². The first-order valence-electron chi connectivity index (χ1n) is 39.3. The van der Waals surface area contributed by atoms with Crippen LogP contribution in [0.3, 0.4) is 0 Å². The van der Waals surface area contributed by atoms with E-state index in [1.165, 1.54) is 71.4 Å². The van der Waals surface area contributed by atoms with Crippen LogP contribution in [0.1, 0.15) is 122 Å². The number of esters is 4. The second kappa shape index (κ2) is 38.1. The predicted octanol–water partition coefficient (Wildman–Crippen LogP) is 17.3. The fourth-order valence-corrected chi connectivity index (χ4v) is 26.7. The van der Waals surface area contributed by atoms with Gasteiger partial charge in [0.25, 0.3) is 0 Å². The minimum Gasteiger partial charge on any atom is -0.743 e. The standard InChI is InChI=1S/2C18H15S.C15H20F2O7S.C14H15S.C13H18F2O5S.C10H14F2O6S/c2*1-4-10-16(11-5-1)19(17-12-6-2-7-13-17)18-14-8-3-9-15-18;1-9(18)24-14-5-10-2-11(6-14)4-13(3-10,7-14)8-23-12(19)15(16,17)25(20,21)22;1-2-8-13-12(6-1)7-5-9-14(13)15-10-3-4-11-15;14-13(15,21(17,18)19)11(16)20-7-12-4-8-1-9(5-12)3-10(2-8)6-12;11-10(12,19(14,15)16)9(13)18-7-2-1-6-3-4-17-8(6)5-7/h2*1-15H;10-11H,2-8H2,1H3,(H,20,21,22);1-2,5-9H,3-4,10-11H2;8-10H,1-7H2,(H,17,18,19);6-8H,1-5H2,(H,14,15,16)/q2*+1;;+1;;/p-3. The van der Waals surface area contributed by atoms with Gasteiger partial charge in [0.1, 0.15) is 23.2 Å². The van der Waals surface area contributed by atoms with Gasteiger partial charge >= 0.3 is 39.6 Å². The van der Waals surface area contributed by atoms with Gasteiger partial charge in [-0.05, 0) is 235 Å². The SMILES string of the molecule is CC(=O)OC12CC3CC(CC(COC(=O)C(F)(F)S(=O)(=O)[O-])(C3)C1)C2.O=C(OC1CCC2CCOC2C1)C(F)(F)S(=O)(=O)[O-].O=C(OCC12CC3CC(CC(C3)C1)C2)C(F)(F)S(=O)(=O)[O-].c1ccc([S+](c2ccccc2)c2ccccc2)cc1.c1ccc([S+](c2ccccc2)c2ccccc2)cc1.c1ccc2c([S+]3CCCC3)cccc2c1. The molecular formula is C88H94F6O18S6. The lowest BCUT2D eigenvalue weighted by molar-refractivity contribution is -0.211. The number of hydrogen-bond donors (Lipinski definition) is 0. The number of halogens is 6. The molecular weight excluding hydrogens is 1650 g/mol. The number of ether oxygens (including phenoxy) is 5. The Morgan fingerprint density at radius 1 is 0.441 bits per heavy atom. The average Bonchev–Trinajstić information content (AvgIpc) is 1.06. The quantitative estimate of drug-likeness (QED) is 0.0239. The maximum atomic E-state index is 13.3. The summed E-state index contributed by atoms with van der Waals surface area (Å²) in [5.74, 6) is -2.02. The fourth-order valence-electron chi connectivity index (χ4n) is 19.2. The largest absolute Gasteiger partial charge is 0.743 e. The van der Waals surface area contributed by atoms with E-state index < -0.39 is 93.7 Å². The molecule has 0 amide bonds. The van der Waals surface area contributed by atoms with Crippen molar-refractivity contribution in [3.8, 4) is 0 Å². The molecule has 5 atom stereocenters. The van der Waals surface area contributed by atoms with Crippen molar-refractivity contribution in [3.63, 3.8) is 0 Å². The second-order valence-electron chi connectivity index (χ2n) is 32.1. The Morgan fingerprint density at radius 2 is 0.797 bits per heavy atom. The molecule has 11 fully saturated rings. The van der Waals surface area contributed by atoms with E-state index in [1.54, 1.807) is 4.90 Å². The molecule has 8 aromatic carbocycles. The van der Waals surface area contributed by atoms with E-state index in [0.717, 1.165) is 51.4 Å². The van der Waals surface area contributed by atoms with Crippen LogP contribution in [-0.2, 0) is 106 Å². The van der Waals surface area contributed by atoms with Gasteiger partial charge in [0.2, 0.25) is 0 Å². The summed E-state index contributed by atoms with van der Waals surface area (Å²) < 4.78 is 197. The highest BCUT2D eigenvalue weighted by atomic mass is 32.2. The molecule has 2 saturated heterocycles. The average molecular weight is 1750 g/mol. The van der Waals surface area contributed by atoms with Crippen LogP contribution in [0.25, 0.3) is 10.8 Å². The summed E-state index contributed by atoms with van der Waals surface area (Å²) >= 11 is 0. The molecule has 0 N–H and O–H groups in total. The van der Waals surface area contributed by atoms with Gasteiger partial charge < -0.3 is 37.3 Å². The molecule has 8 bridgehead atoms. The summed E-state index contributed by atoms with van der Waals surface area (Å²) in [6.07, 6.45) is 14.0. The molecule has 2 aliphatic heterocycles. The number of carbonyl (C=O) groups excluding carboxylic acids is 4. The van der Waals surface area contributed by atoms with Gasteiger partial charge in [0.15, 0.2) is 64.6 Å². The van der Waals surface area contributed by atoms with Crippen LogP contribution in [0.2, 0.25) is 0 Å². The predicted molar refractivity (Wildman–Crippen MR) is 431 cm³/mol. The van der Waals surface area contributed by atoms with Gasteiger partial charge in [0.05, 0.1) is 41.1 Å². The van der Waals surface area contributed by atoms with E-state index in [1.807, 2.05) is 0 Å². The summed E-state index contributed by atoms with van der Waals surface area (Å²) in [6.45, 7) is 1.28. The lowest BCUT2D eigenvalue weighted by Gasteiger charge is -2.60. The molecule has 0 spiro atoms. The highest BCUT2D eigenvalue weighted by molar-refractivity contribution is 7.97. The zero-order chi connectivity index (χ0) is 84.3. The number of benzene rings is 8. The topological polar surface area (TPSA) is 286 Å². The highest BCUT2D eigenvalue weighted by Crippen LogP contribution is 2.64. The zero-order valence-electron chi connectivity index (χ0n) is 64.8. The van der Waals surface area contributed by atoms with Gasteiger partial charge in [-0.3, -0.25) is 4.79 Å². The summed E-state index contributed by atoms with van der Waals surface area (Å²) in [4.78, 5) is 55.0. The Hall–Kier alpha value is -7.78. The van der Waals surface area contributed by atoms with Crippen LogP contribution >= 0.6 is 0 Å². The third-order valence-corrected chi connectivity index (χ3v) is 32.7. The molecule has 8 aromatic rings. The lowest BCUT2D eigenvalue weighted by atomic mass is 9.48. The van der Waals surface area contributed by atoms with Crippen molar-refractivity contribution in [1.82, 2.24) is 0 Å². The Morgan fingerprint density at radius 3 is 1.19 bits per heavy atom. The molecule has 632 valence electrons. The Balaban J connectivity index is 0.000000131. The first kappa shape index (κ1) is 89.5. The Bertz CT molecular complexity index is 4720. The number of carbonyl (C=O) groups is 4. The van der Waals surface area contributed by atoms with Crippen molar-refractivity contribution in [2.75, 3.05) is 31.3 Å². The number of alkyl halides is 6. The second-order valence-corrected chi connectivity index (χ2v) is 42.7. The first-order valence-corrected chi connectivity index (χ1v) is 47.6.